The van der Waals surface area contributed by atoms with E-state index in [4.69, 9.17) is 9.47 Å². The first-order valence-electron chi connectivity index (χ1n) is 7.04. The van der Waals surface area contributed by atoms with Crippen molar-refractivity contribution in [3.63, 3.8) is 0 Å². The van der Waals surface area contributed by atoms with Gasteiger partial charge in [-0.05, 0) is 31.4 Å². The van der Waals surface area contributed by atoms with Gasteiger partial charge in [0.2, 0.25) is 0 Å². The Morgan fingerprint density at radius 2 is 1.84 bits per heavy atom. The highest BCUT2D eigenvalue weighted by atomic mass is 16.5. The van der Waals surface area contributed by atoms with Gasteiger partial charge in [-0.1, -0.05) is 25.8 Å². The summed E-state index contributed by atoms with van der Waals surface area (Å²) in [5, 5.41) is 3.49. The van der Waals surface area contributed by atoms with E-state index in [-0.39, 0.29) is 0 Å². The van der Waals surface area contributed by atoms with E-state index in [9.17, 15) is 0 Å². The molecule has 0 spiro atoms. The summed E-state index contributed by atoms with van der Waals surface area (Å²) in [5.41, 5.74) is 1.55. The van der Waals surface area contributed by atoms with Gasteiger partial charge in [-0.3, -0.25) is 0 Å². The molecule has 0 amide bonds. The van der Waals surface area contributed by atoms with E-state index in [1.807, 2.05) is 19.2 Å². The van der Waals surface area contributed by atoms with E-state index in [0.29, 0.717) is 11.5 Å². The lowest BCUT2D eigenvalue weighted by atomic mass is 9.77. The van der Waals surface area contributed by atoms with Crippen LogP contribution in [0.1, 0.15) is 44.2 Å². The van der Waals surface area contributed by atoms with Crippen molar-refractivity contribution in [3.05, 3.63) is 23.8 Å². The van der Waals surface area contributed by atoms with Crippen LogP contribution in [-0.2, 0) is 0 Å². The first-order chi connectivity index (χ1) is 9.14. The summed E-state index contributed by atoms with van der Waals surface area (Å²) in [6.07, 6.45) is 5.20. The van der Waals surface area contributed by atoms with Crippen LogP contribution in [0.5, 0.6) is 11.5 Å². The Kier molecular flexibility index (Phi) is 4.35. The summed E-state index contributed by atoms with van der Waals surface area (Å²) in [4.78, 5) is 0. The van der Waals surface area contributed by atoms with Gasteiger partial charge in [0.25, 0.3) is 0 Å². The van der Waals surface area contributed by atoms with E-state index < -0.39 is 0 Å². The van der Waals surface area contributed by atoms with Gasteiger partial charge >= 0.3 is 0 Å². The zero-order valence-electron chi connectivity index (χ0n) is 12.5. The van der Waals surface area contributed by atoms with Gasteiger partial charge in [0.1, 0.15) is 11.5 Å². The largest absolute Gasteiger partial charge is 0.497 e. The molecule has 0 saturated heterocycles. The fraction of sp³-hybridized carbons (Fsp3) is 0.625. The smallest absolute Gasteiger partial charge is 0.127 e. The maximum Gasteiger partial charge on any atom is 0.127 e. The van der Waals surface area contributed by atoms with Crippen LogP contribution in [0.25, 0.3) is 0 Å². The summed E-state index contributed by atoms with van der Waals surface area (Å²) < 4.78 is 10.8. The predicted octanol–water partition coefficient (Wildman–Crippen LogP) is 3.54. The van der Waals surface area contributed by atoms with Crippen molar-refractivity contribution >= 4 is 0 Å². The van der Waals surface area contributed by atoms with E-state index >= 15 is 0 Å². The third kappa shape index (κ3) is 2.71. The molecule has 2 rings (SSSR count). The number of hydrogen-bond donors (Lipinski definition) is 1. The SMILES string of the molecule is CNC(c1ccc(OC)cc1OC)C1(C)CCCC1. The zero-order valence-corrected chi connectivity index (χ0v) is 12.5. The van der Waals surface area contributed by atoms with E-state index in [1.165, 1.54) is 31.2 Å². The molecule has 19 heavy (non-hydrogen) atoms. The van der Waals surface area contributed by atoms with Crippen LogP contribution in [0.15, 0.2) is 18.2 Å². The Bertz CT molecular complexity index is 425. The molecule has 1 atom stereocenters. The summed E-state index contributed by atoms with van der Waals surface area (Å²) >= 11 is 0. The molecular weight excluding hydrogens is 238 g/mol. The van der Waals surface area contributed by atoms with Gasteiger partial charge in [-0.2, -0.15) is 0 Å². The van der Waals surface area contributed by atoms with Crippen molar-refractivity contribution < 1.29 is 9.47 Å². The topological polar surface area (TPSA) is 30.5 Å². The molecule has 106 valence electrons. The molecule has 0 aliphatic heterocycles. The Morgan fingerprint density at radius 1 is 1.16 bits per heavy atom. The molecular formula is C16H25NO2. The van der Waals surface area contributed by atoms with E-state index in [0.717, 1.165) is 11.5 Å². The van der Waals surface area contributed by atoms with Crippen molar-refractivity contribution in [1.82, 2.24) is 5.32 Å². The first kappa shape index (κ1) is 14.2. The Hall–Kier alpha value is -1.22. The zero-order chi connectivity index (χ0) is 13.9. The van der Waals surface area contributed by atoms with Crippen LogP contribution < -0.4 is 14.8 Å². The number of nitrogens with one attached hydrogen (secondary N) is 1. The molecule has 3 nitrogen and oxygen atoms in total. The predicted molar refractivity (Wildman–Crippen MR) is 77.9 cm³/mol. The second-order valence-electron chi connectivity index (χ2n) is 5.69. The molecule has 1 unspecified atom stereocenters. The number of methoxy groups -OCH3 is 2. The number of rotatable bonds is 5. The van der Waals surface area contributed by atoms with Crippen LogP contribution >= 0.6 is 0 Å². The van der Waals surface area contributed by atoms with E-state index in [1.54, 1.807) is 14.2 Å². The summed E-state index contributed by atoms with van der Waals surface area (Å²) in [7, 11) is 5.45. The maximum absolute atomic E-state index is 5.56. The fourth-order valence-electron chi connectivity index (χ4n) is 3.41. The molecule has 1 aliphatic rings. The number of hydrogen-bond acceptors (Lipinski definition) is 3. The molecule has 0 aromatic heterocycles. The molecule has 0 radical (unpaired) electrons. The van der Waals surface area contributed by atoms with E-state index in [2.05, 4.69) is 18.3 Å². The third-order valence-electron chi connectivity index (χ3n) is 4.48. The van der Waals surface area contributed by atoms with Crippen LogP contribution in [0.3, 0.4) is 0 Å². The summed E-state index contributed by atoms with van der Waals surface area (Å²) in [6, 6.07) is 6.44. The van der Waals surface area contributed by atoms with Crippen molar-refractivity contribution in [2.24, 2.45) is 5.41 Å². The highest BCUT2D eigenvalue weighted by Crippen LogP contribution is 2.49. The highest BCUT2D eigenvalue weighted by Gasteiger charge is 2.38. The van der Waals surface area contributed by atoms with Crippen LogP contribution in [0.4, 0.5) is 0 Å². The van der Waals surface area contributed by atoms with Crippen molar-refractivity contribution in [2.45, 2.75) is 38.6 Å². The molecule has 3 heteroatoms. The lowest BCUT2D eigenvalue weighted by Crippen LogP contribution is -2.32. The first-order valence-corrected chi connectivity index (χ1v) is 7.04. The average molecular weight is 263 g/mol. The molecule has 1 aliphatic carbocycles. The summed E-state index contributed by atoms with van der Waals surface area (Å²) in [6.45, 7) is 2.38. The van der Waals surface area contributed by atoms with Crippen LogP contribution in [0.2, 0.25) is 0 Å². The van der Waals surface area contributed by atoms with Gasteiger partial charge in [0, 0.05) is 17.7 Å². The van der Waals surface area contributed by atoms with Crippen molar-refractivity contribution in [1.29, 1.82) is 0 Å². The van der Waals surface area contributed by atoms with Crippen LogP contribution in [-0.4, -0.2) is 21.3 Å². The minimum atomic E-state index is 0.316. The third-order valence-corrected chi connectivity index (χ3v) is 4.48. The normalized spacial score (nSPS) is 19.2. The highest BCUT2D eigenvalue weighted by molar-refractivity contribution is 5.43. The number of benzene rings is 1. The standard InChI is InChI=1S/C16H25NO2/c1-16(9-5-6-10-16)15(17-2)13-8-7-12(18-3)11-14(13)19-4/h7-8,11,15,17H,5-6,9-10H2,1-4H3. The molecule has 1 fully saturated rings. The van der Waals surface area contributed by atoms with Gasteiger partial charge < -0.3 is 14.8 Å². The fourth-order valence-corrected chi connectivity index (χ4v) is 3.41. The van der Waals surface area contributed by atoms with Crippen molar-refractivity contribution in [3.8, 4) is 11.5 Å². The van der Waals surface area contributed by atoms with Crippen LogP contribution in [0, 0.1) is 5.41 Å². The summed E-state index contributed by atoms with van der Waals surface area (Å²) in [5.74, 6) is 1.75. The number of ether oxygens (including phenoxy) is 2. The Labute approximate surface area is 116 Å². The van der Waals surface area contributed by atoms with Gasteiger partial charge in [0.05, 0.1) is 14.2 Å². The second-order valence-corrected chi connectivity index (χ2v) is 5.69. The lowest BCUT2D eigenvalue weighted by molar-refractivity contribution is 0.228. The molecule has 1 aromatic rings. The van der Waals surface area contributed by atoms with Gasteiger partial charge in [-0.15, -0.1) is 0 Å². The van der Waals surface area contributed by atoms with Gasteiger partial charge in [0.15, 0.2) is 0 Å². The lowest BCUT2D eigenvalue weighted by Gasteiger charge is -2.35. The molecule has 0 heterocycles. The Balaban J connectivity index is 2.37. The second kappa shape index (κ2) is 5.83. The monoisotopic (exact) mass is 263 g/mol. The molecule has 1 aromatic carbocycles. The minimum absolute atomic E-state index is 0.316. The minimum Gasteiger partial charge on any atom is -0.497 e. The Morgan fingerprint density at radius 3 is 2.37 bits per heavy atom. The molecule has 0 bridgehead atoms. The van der Waals surface area contributed by atoms with Gasteiger partial charge in [-0.25, -0.2) is 0 Å². The molecule has 1 saturated carbocycles. The van der Waals surface area contributed by atoms with Crippen molar-refractivity contribution in [2.75, 3.05) is 21.3 Å². The quantitative estimate of drug-likeness (QED) is 0.881. The maximum atomic E-state index is 5.56. The average Bonchev–Trinajstić information content (AvgIpc) is 2.87. The molecule has 1 N–H and O–H groups in total.